The average molecular weight is 745 g/mol. The summed E-state index contributed by atoms with van der Waals surface area (Å²) in [6.45, 7) is 10.4. The largest absolute Gasteiger partial charge is 0.386 e. The van der Waals surface area contributed by atoms with Crippen LogP contribution in [0, 0.1) is 0 Å². The van der Waals surface area contributed by atoms with E-state index in [1.165, 1.54) is 212 Å². The summed E-state index contributed by atoms with van der Waals surface area (Å²) in [5.41, 5.74) is 0. The van der Waals surface area contributed by atoms with Gasteiger partial charge < -0.3 is 9.59 Å². The van der Waals surface area contributed by atoms with Crippen molar-refractivity contribution in [3.63, 3.8) is 0 Å². The van der Waals surface area contributed by atoms with Crippen molar-refractivity contribution in [1.29, 1.82) is 0 Å². The van der Waals surface area contributed by atoms with E-state index in [9.17, 15) is 18.1 Å². The highest BCUT2D eigenvalue weighted by Gasteiger charge is 2.31. The van der Waals surface area contributed by atoms with Gasteiger partial charge in [0.15, 0.2) is 0 Å². The van der Waals surface area contributed by atoms with Crippen molar-refractivity contribution in [2.24, 2.45) is 0 Å². The van der Waals surface area contributed by atoms with Gasteiger partial charge in [0.1, 0.15) is 18.4 Å². The van der Waals surface area contributed by atoms with Crippen molar-refractivity contribution >= 4 is 10.1 Å². The summed E-state index contributed by atoms with van der Waals surface area (Å²) in [5.74, 6) is -0.539. The van der Waals surface area contributed by atoms with Gasteiger partial charge in [0.2, 0.25) is 0 Å². The minimum absolute atomic E-state index is 0.452. The molecule has 0 spiro atoms. The van der Waals surface area contributed by atoms with Crippen LogP contribution in [-0.2, 0) is 10.1 Å². The Hall–Kier alpha value is -0.170. The molecule has 5 nitrogen and oxygen atoms in total. The minimum Gasteiger partial charge on any atom is -0.386 e. The standard InChI is InChI=1S/C45H93NO4S/c1-4-7-10-13-16-19-22-25-28-31-34-37-40-46(43-45(47)44-51(48,49)50,41-38-35-32-29-26-23-20-17-14-11-8-5-2)42-39-36-33-30-27-24-21-18-15-12-9-6-3/h45,47H,4-44H2,1-3H3/p+1. The van der Waals surface area contributed by atoms with E-state index in [4.69, 9.17) is 0 Å². The van der Waals surface area contributed by atoms with Crippen LogP contribution in [0.2, 0.25) is 0 Å². The second kappa shape index (κ2) is 38.1. The van der Waals surface area contributed by atoms with Crippen LogP contribution >= 0.6 is 0 Å². The molecule has 0 heterocycles. The highest BCUT2D eigenvalue weighted by atomic mass is 32.2. The molecule has 6 heteroatoms. The molecule has 0 aliphatic heterocycles. The second-order valence-corrected chi connectivity index (χ2v) is 18.3. The van der Waals surface area contributed by atoms with Gasteiger partial charge in [-0.15, -0.1) is 0 Å². The fraction of sp³-hybridized carbons (Fsp3) is 1.00. The molecule has 0 bridgehead atoms. The molecule has 0 aromatic rings. The number of nitrogens with zero attached hydrogens (tertiary/aromatic N) is 1. The molecule has 0 radical (unpaired) electrons. The first kappa shape index (κ1) is 50.8. The van der Waals surface area contributed by atoms with E-state index in [-0.39, 0.29) is 0 Å². The van der Waals surface area contributed by atoms with Gasteiger partial charge in [-0.2, -0.15) is 8.42 Å². The quantitative estimate of drug-likeness (QED) is 0.0370. The normalized spacial score (nSPS) is 13.0. The molecule has 51 heavy (non-hydrogen) atoms. The molecule has 308 valence electrons. The first-order chi connectivity index (χ1) is 24.8. The van der Waals surface area contributed by atoms with Crippen LogP contribution in [-0.4, -0.2) is 60.6 Å². The summed E-state index contributed by atoms with van der Waals surface area (Å²) in [6.07, 6.45) is 46.8. The van der Waals surface area contributed by atoms with Gasteiger partial charge in [-0.1, -0.05) is 213 Å². The first-order valence-corrected chi connectivity index (χ1v) is 24.9. The number of hydrogen-bond acceptors (Lipinski definition) is 3. The molecule has 0 saturated heterocycles. The first-order valence-electron chi connectivity index (χ1n) is 23.3. The summed E-state index contributed by atoms with van der Waals surface area (Å²) < 4.78 is 33.8. The van der Waals surface area contributed by atoms with E-state index in [0.717, 1.165) is 43.4 Å². The van der Waals surface area contributed by atoms with Crippen molar-refractivity contribution in [3.8, 4) is 0 Å². The molecule has 0 fully saturated rings. The zero-order chi connectivity index (χ0) is 37.6. The smallest absolute Gasteiger partial charge is 0.267 e. The summed E-state index contributed by atoms with van der Waals surface area (Å²) in [6, 6.07) is 0. The molecule has 0 aliphatic rings. The predicted molar refractivity (Wildman–Crippen MR) is 225 cm³/mol. The highest BCUT2D eigenvalue weighted by Crippen LogP contribution is 2.21. The number of aliphatic hydroxyl groups excluding tert-OH is 1. The maximum Gasteiger partial charge on any atom is 0.267 e. The maximum atomic E-state index is 11.7. The molecular formula is C45H94NO4S+. The van der Waals surface area contributed by atoms with Gasteiger partial charge in [0.05, 0.1) is 19.6 Å². The molecule has 0 saturated carbocycles. The Labute approximate surface area is 321 Å². The summed E-state index contributed by atoms with van der Waals surface area (Å²) in [7, 11) is -4.20. The molecule has 0 aromatic carbocycles. The lowest BCUT2D eigenvalue weighted by atomic mass is 10.0. The third kappa shape index (κ3) is 37.9. The van der Waals surface area contributed by atoms with Crippen molar-refractivity contribution in [2.75, 3.05) is 31.9 Å². The monoisotopic (exact) mass is 745 g/mol. The van der Waals surface area contributed by atoms with Crippen LogP contribution in [0.25, 0.3) is 0 Å². The molecule has 0 aromatic heterocycles. The zero-order valence-electron chi connectivity index (χ0n) is 35.1. The minimum atomic E-state index is -4.20. The second-order valence-electron chi connectivity index (χ2n) is 16.8. The van der Waals surface area contributed by atoms with Gasteiger partial charge in [-0.05, 0) is 38.5 Å². The van der Waals surface area contributed by atoms with E-state index in [2.05, 4.69) is 20.8 Å². The number of unbranched alkanes of at least 4 members (excludes halogenated alkanes) is 33. The Morgan fingerprint density at radius 2 is 0.569 bits per heavy atom. The third-order valence-electron chi connectivity index (χ3n) is 11.5. The van der Waals surface area contributed by atoms with Crippen LogP contribution < -0.4 is 0 Å². The lowest BCUT2D eigenvalue weighted by Gasteiger charge is -2.40. The van der Waals surface area contributed by atoms with Crippen molar-refractivity contribution in [2.45, 2.75) is 258 Å². The number of rotatable bonds is 43. The van der Waals surface area contributed by atoms with Crippen LogP contribution in [0.1, 0.15) is 252 Å². The van der Waals surface area contributed by atoms with Crippen LogP contribution in [0.4, 0.5) is 0 Å². The average Bonchev–Trinajstić information content (AvgIpc) is 3.09. The zero-order valence-corrected chi connectivity index (χ0v) is 36.0. The summed E-state index contributed by atoms with van der Waals surface area (Å²) in [4.78, 5) is 0. The van der Waals surface area contributed by atoms with Gasteiger partial charge in [-0.25, -0.2) is 0 Å². The summed E-state index contributed by atoms with van der Waals surface area (Å²) >= 11 is 0. The van der Waals surface area contributed by atoms with Crippen LogP contribution in [0.5, 0.6) is 0 Å². The van der Waals surface area contributed by atoms with Crippen LogP contribution in [0.15, 0.2) is 0 Å². The number of quaternary nitrogens is 1. The van der Waals surface area contributed by atoms with Crippen molar-refractivity contribution < 1.29 is 22.6 Å². The molecule has 1 unspecified atom stereocenters. The van der Waals surface area contributed by atoms with E-state index >= 15 is 0 Å². The number of aliphatic hydroxyl groups is 1. The maximum absolute atomic E-state index is 11.7. The lowest BCUT2D eigenvalue weighted by Crippen LogP contribution is -2.55. The topological polar surface area (TPSA) is 74.6 Å². The summed E-state index contributed by atoms with van der Waals surface area (Å²) in [5, 5.41) is 10.9. The molecule has 1 atom stereocenters. The molecule has 0 rings (SSSR count). The van der Waals surface area contributed by atoms with Gasteiger partial charge >= 0.3 is 0 Å². The molecule has 0 amide bonds. The van der Waals surface area contributed by atoms with E-state index in [1.54, 1.807) is 0 Å². The highest BCUT2D eigenvalue weighted by molar-refractivity contribution is 7.85. The lowest BCUT2D eigenvalue weighted by molar-refractivity contribution is -0.931. The van der Waals surface area contributed by atoms with E-state index in [1.807, 2.05) is 0 Å². The Morgan fingerprint density at radius 3 is 0.765 bits per heavy atom. The molecule has 0 aliphatic carbocycles. The predicted octanol–water partition coefficient (Wildman–Crippen LogP) is 14.2. The van der Waals surface area contributed by atoms with Gasteiger partial charge in [0.25, 0.3) is 10.1 Å². The number of hydrogen-bond donors (Lipinski definition) is 2. The molecule has 2 N–H and O–H groups in total. The fourth-order valence-corrected chi connectivity index (χ4v) is 8.81. The Balaban J connectivity index is 4.90. The van der Waals surface area contributed by atoms with Gasteiger partial charge in [-0.3, -0.25) is 4.55 Å². The van der Waals surface area contributed by atoms with Crippen molar-refractivity contribution in [1.82, 2.24) is 0 Å². The van der Waals surface area contributed by atoms with E-state index in [0.29, 0.717) is 6.54 Å². The van der Waals surface area contributed by atoms with E-state index < -0.39 is 22.0 Å². The Kier molecular flexibility index (Phi) is 38.0. The Bertz CT molecular complexity index is 720. The Morgan fingerprint density at radius 1 is 0.373 bits per heavy atom. The third-order valence-corrected chi connectivity index (χ3v) is 12.3. The van der Waals surface area contributed by atoms with Crippen molar-refractivity contribution in [3.05, 3.63) is 0 Å². The fourth-order valence-electron chi connectivity index (χ4n) is 8.22. The van der Waals surface area contributed by atoms with Crippen LogP contribution in [0.3, 0.4) is 0 Å². The molecular weight excluding hydrogens is 651 g/mol. The van der Waals surface area contributed by atoms with Gasteiger partial charge in [0, 0.05) is 0 Å². The SMILES string of the molecule is CCCCCCCCCCCCCC[N+](CCCCCCCCCCCCCC)(CCCCCCCCCCCCCC)CC(O)CS(=O)(=O)O.